The van der Waals surface area contributed by atoms with Crippen LogP contribution in [0.5, 0.6) is 5.75 Å². The van der Waals surface area contributed by atoms with E-state index >= 15 is 0 Å². The Balaban J connectivity index is 0.00000342. The highest BCUT2D eigenvalue weighted by Crippen LogP contribution is 2.39. The Morgan fingerprint density at radius 3 is 2.40 bits per heavy atom. The molecule has 3 aromatic rings. The number of rotatable bonds is 7. The Morgan fingerprint density at radius 1 is 1.06 bits per heavy atom. The van der Waals surface area contributed by atoms with E-state index in [2.05, 4.69) is 15.1 Å². The van der Waals surface area contributed by atoms with Crippen molar-refractivity contribution in [3.8, 4) is 5.75 Å². The van der Waals surface area contributed by atoms with Gasteiger partial charge in [-0.3, -0.25) is 4.90 Å². The van der Waals surface area contributed by atoms with Crippen molar-refractivity contribution in [2.24, 2.45) is 27.6 Å². The summed E-state index contributed by atoms with van der Waals surface area (Å²) in [5.74, 6) is -1.14. The van der Waals surface area contributed by atoms with Crippen molar-refractivity contribution in [1.29, 1.82) is 0 Å². The van der Waals surface area contributed by atoms with Crippen molar-refractivity contribution in [2.45, 2.75) is 12.8 Å². The van der Waals surface area contributed by atoms with E-state index in [0.717, 1.165) is 18.7 Å². The van der Waals surface area contributed by atoms with Gasteiger partial charge in [0.2, 0.25) is 5.96 Å². The molecule has 0 amide bonds. The summed E-state index contributed by atoms with van der Waals surface area (Å²) in [6, 6.07) is 16.5. The first-order valence-corrected chi connectivity index (χ1v) is 11.2. The van der Waals surface area contributed by atoms with Crippen LogP contribution in [-0.2, 0) is 4.74 Å². The van der Waals surface area contributed by atoms with Crippen LogP contribution < -0.4 is 17.1 Å². The standard InChI is InChI=1S/C25H29N5O4.ClH/c1-16(28-29-25(26)27)19(15-30-11-13-33-14-12-30)21(17-7-3-2-4-8-17)22-23(31)18-9-5-6-10-20(18)34-24(22)32;/h2-10,19,21,31H,11-15H2,1H3,(H4,26,27,29);1H/b28-16+;. The van der Waals surface area contributed by atoms with Gasteiger partial charge in [-0.1, -0.05) is 42.5 Å². The summed E-state index contributed by atoms with van der Waals surface area (Å²) in [5.41, 5.74) is 12.4. The SMILES string of the molecule is C/C(=N\N=C(N)N)C(CN1CCOCC1)C(c1ccccc1)c1c(O)c2ccccc2oc1=O.Cl. The highest BCUT2D eigenvalue weighted by molar-refractivity contribution is 5.89. The lowest BCUT2D eigenvalue weighted by atomic mass is 9.78. The molecule has 2 heterocycles. The Bertz CT molecular complexity index is 1250. The molecule has 35 heavy (non-hydrogen) atoms. The van der Waals surface area contributed by atoms with Crippen molar-refractivity contribution in [1.82, 2.24) is 4.90 Å². The number of para-hydroxylation sites is 1. The topological polar surface area (TPSA) is 140 Å². The fourth-order valence-electron chi connectivity index (χ4n) is 4.43. The zero-order valence-corrected chi connectivity index (χ0v) is 20.3. The summed E-state index contributed by atoms with van der Waals surface area (Å²) in [7, 11) is 0. The monoisotopic (exact) mass is 499 g/mol. The van der Waals surface area contributed by atoms with Crippen molar-refractivity contribution in [2.75, 3.05) is 32.8 Å². The molecule has 1 fully saturated rings. The van der Waals surface area contributed by atoms with Gasteiger partial charge in [-0.25, -0.2) is 4.79 Å². The number of ether oxygens (including phenoxy) is 1. The molecule has 0 radical (unpaired) electrons. The van der Waals surface area contributed by atoms with Crippen LogP contribution in [0.2, 0.25) is 0 Å². The summed E-state index contributed by atoms with van der Waals surface area (Å²) < 4.78 is 11.1. The number of nitrogens with zero attached hydrogens (tertiary/aromatic N) is 3. The normalized spacial score (nSPS) is 16.3. The van der Waals surface area contributed by atoms with Crippen LogP contribution >= 0.6 is 12.4 Å². The quantitative estimate of drug-likeness (QED) is 0.196. The summed E-state index contributed by atoms with van der Waals surface area (Å²) in [6.45, 7) is 5.11. The second-order valence-electron chi connectivity index (χ2n) is 8.32. The van der Waals surface area contributed by atoms with E-state index in [1.54, 1.807) is 24.3 Å². The second-order valence-corrected chi connectivity index (χ2v) is 8.32. The molecule has 4 rings (SSSR count). The first-order valence-electron chi connectivity index (χ1n) is 11.2. The fraction of sp³-hybridized carbons (Fsp3) is 0.320. The predicted molar refractivity (Wildman–Crippen MR) is 139 cm³/mol. The molecule has 1 saturated heterocycles. The third-order valence-electron chi connectivity index (χ3n) is 6.11. The molecule has 2 unspecified atom stereocenters. The molecule has 2 aromatic carbocycles. The van der Waals surface area contributed by atoms with Crippen LogP contribution in [0, 0.1) is 5.92 Å². The number of halogens is 1. The van der Waals surface area contributed by atoms with Gasteiger partial charge in [0.25, 0.3) is 0 Å². The molecule has 2 atom stereocenters. The molecule has 0 aliphatic carbocycles. The molecule has 1 aliphatic heterocycles. The summed E-state index contributed by atoms with van der Waals surface area (Å²) in [4.78, 5) is 15.5. The number of nitrogens with two attached hydrogens (primary N) is 2. The minimum absolute atomic E-state index is 0. The molecular weight excluding hydrogens is 470 g/mol. The van der Waals surface area contributed by atoms with Crippen LogP contribution in [0.3, 0.4) is 0 Å². The largest absolute Gasteiger partial charge is 0.507 e. The number of guanidine groups is 1. The van der Waals surface area contributed by atoms with E-state index in [4.69, 9.17) is 20.6 Å². The maximum atomic E-state index is 13.3. The van der Waals surface area contributed by atoms with Crippen LogP contribution in [0.15, 0.2) is 74.0 Å². The van der Waals surface area contributed by atoms with Crippen LogP contribution in [0.4, 0.5) is 0 Å². The van der Waals surface area contributed by atoms with Crippen LogP contribution in [0.25, 0.3) is 11.0 Å². The highest BCUT2D eigenvalue weighted by atomic mass is 35.5. The molecule has 0 spiro atoms. The summed E-state index contributed by atoms with van der Waals surface area (Å²) in [5, 5.41) is 19.9. The van der Waals surface area contributed by atoms with E-state index in [-0.39, 0.29) is 35.6 Å². The average molecular weight is 500 g/mol. The van der Waals surface area contributed by atoms with Crippen molar-refractivity contribution in [3.05, 3.63) is 76.1 Å². The van der Waals surface area contributed by atoms with E-state index < -0.39 is 11.5 Å². The van der Waals surface area contributed by atoms with E-state index in [1.165, 1.54) is 0 Å². The van der Waals surface area contributed by atoms with Gasteiger partial charge in [-0.2, -0.15) is 5.10 Å². The maximum Gasteiger partial charge on any atom is 0.343 e. The first kappa shape index (κ1) is 26.2. The molecular formula is C25H30ClN5O4. The van der Waals surface area contributed by atoms with Gasteiger partial charge < -0.3 is 25.7 Å². The number of hydrogen-bond acceptors (Lipinski definition) is 7. The van der Waals surface area contributed by atoms with Crippen LogP contribution in [-0.4, -0.2) is 54.5 Å². The number of hydrogen-bond donors (Lipinski definition) is 3. The third-order valence-corrected chi connectivity index (χ3v) is 6.11. The van der Waals surface area contributed by atoms with Crippen molar-refractivity contribution >= 4 is 35.0 Å². The van der Waals surface area contributed by atoms with E-state index in [1.807, 2.05) is 37.3 Å². The summed E-state index contributed by atoms with van der Waals surface area (Å²) in [6.07, 6.45) is 0. The van der Waals surface area contributed by atoms with E-state index in [9.17, 15) is 9.90 Å². The van der Waals surface area contributed by atoms with Gasteiger partial charge in [-0.15, -0.1) is 17.5 Å². The first-order chi connectivity index (χ1) is 16.5. The molecule has 0 bridgehead atoms. The zero-order valence-electron chi connectivity index (χ0n) is 19.5. The number of morpholine rings is 1. The minimum Gasteiger partial charge on any atom is -0.507 e. The van der Waals surface area contributed by atoms with Gasteiger partial charge in [0.15, 0.2) is 0 Å². The Morgan fingerprint density at radius 2 is 1.71 bits per heavy atom. The Labute approximate surface area is 209 Å². The molecule has 10 heteroatoms. The molecule has 186 valence electrons. The lowest BCUT2D eigenvalue weighted by Crippen LogP contribution is -2.43. The van der Waals surface area contributed by atoms with Crippen molar-refractivity contribution in [3.63, 3.8) is 0 Å². The van der Waals surface area contributed by atoms with Gasteiger partial charge in [-0.05, 0) is 24.6 Å². The average Bonchev–Trinajstić information content (AvgIpc) is 2.85. The smallest absolute Gasteiger partial charge is 0.343 e. The predicted octanol–water partition coefficient (Wildman–Crippen LogP) is 2.65. The lowest BCUT2D eigenvalue weighted by Gasteiger charge is -2.34. The van der Waals surface area contributed by atoms with Crippen LogP contribution in [0.1, 0.15) is 24.0 Å². The van der Waals surface area contributed by atoms with Gasteiger partial charge >= 0.3 is 5.63 Å². The molecule has 9 nitrogen and oxygen atoms in total. The zero-order chi connectivity index (χ0) is 24.1. The second kappa shape index (κ2) is 11.8. The maximum absolute atomic E-state index is 13.3. The highest BCUT2D eigenvalue weighted by Gasteiger charge is 2.35. The van der Waals surface area contributed by atoms with E-state index in [0.29, 0.717) is 36.4 Å². The third kappa shape index (κ3) is 6.00. The number of benzene rings is 2. The number of fused-ring (bicyclic) bond motifs is 1. The Hall–Kier alpha value is -3.40. The fourth-order valence-corrected chi connectivity index (χ4v) is 4.43. The molecule has 5 N–H and O–H groups in total. The Kier molecular flexibility index (Phi) is 8.86. The molecule has 1 aromatic heterocycles. The van der Waals surface area contributed by atoms with Gasteiger partial charge in [0.05, 0.1) is 24.2 Å². The van der Waals surface area contributed by atoms with Gasteiger partial charge in [0, 0.05) is 37.2 Å². The summed E-state index contributed by atoms with van der Waals surface area (Å²) >= 11 is 0. The lowest BCUT2D eigenvalue weighted by molar-refractivity contribution is 0.0335. The number of aromatic hydroxyl groups is 1. The molecule has 0 saturated carbocycles. The minimum atomic E-state index is -0.591. The van der Waals surface area contributed by atoms with Gasteiger partial charge in [0.1, 0.15) is 11.3 Å². The van der Waals surface area contributed by atoms with Crippen molar-refractivity contribution < 1.29 is 14.3 Å². The molecule has 1 aliphatic rings.